The van der Waals surface area contributed by atoms with E-state index < -0.39 is 18.5 Å². The van der Waals surface area contributed by atoms with Gasteiger partial charge in [-0.15, -0.1) is 0 Å². The lowest BCUT2D eigenvalue weighted by molar-refractivity contribution is -0.144. The number of esters is 1. The van der Waals surface area contributed by atoms with Crippen LogP contribution in [0.2, 0.25) is 0 Å². The van der Waals surface area contributed by atoms with Gasteiger partial charge >= 0.3 is 5.97 Å². The summed E-state index contributed by atoms with van der Waals surface area (Å²) in [7, 11) is 0. The molecule has 0 atom stereocenters. The second kappa shape index (κ2) is 7.46. The van der Waals surface area contributed by atoms with Crippen LogP contribution in [0.5, 0.6) is 0 Å². The summed E-state index contributed by atoms with van der Waals surface area (Å²) < 4.78 is 5.03. The van der Waals surface area contributed by atoms with Crippen molar-refractivity contribution < 1.29 is 23.9 Å². The Morgan fingerprint density at radius 1 is 1.04 bits per heavy atom. The molecule has 0 radical (unpaired) electrons. The number of hydrogen-bond acceptors (Lipinski definition) is 5. The van der Waals surface area contributed by atoms with Crippen LogP contribution in [-0.4, -0.2) is 53.2 Å². The predicted octanol–water partition coefficient (Wildman–Crippen LogP) is 1.11. The van der Waals surface area contributed by atoms with Crippen molar-refractivity contribution in [3.8, 4) is 0 Å². The van der Waals surface area contributed by atoms with Gasteiger partial charge in [0.05, 0.1) is 5.56 Å². The summed E-state index contributed by atoms with van der Waals surface area (Å²) in [6.07, 6.45) is 2.43. The highest BCUT2D eigenvalue weighted by atomic mass is 16.5. The summed E-state index contributed by atoms with van der Waals surface area (Å²) >= 11 is 0. The van der Waals surface area contributed by atoms with Gasteiger partial charge in [-0.2, -0.15) is 0 Å². The van der Waals surface area contributed by atoms with Gasteiger partial charge in [-0.25, -0.2) is 4.79 Å². The number of carbonyl (C=O) groups excluding carboxylic acids is 4. The maximum Gasteiger partial charge on any atom is 0.338 e. The minimum atomic E-state index is -0.616. The summed E-state index contributed by atoms with van der Waals surface area (Å²) in [4.78, 5) is 50.1. The number of imide groups is 1. The summed E-state index contributed by atoms with van der Waals surface area (Å²) in [5.41, 5.74) is 1.16. The van der Waals surface area contributed by atoms with Crippen LogP contribution >= 0.6 is 0 Å². The van der Waals surface area contributed by atoms with Gasteiger partial charge in [0.1, 0.15) is 0 Å². The average Bonchev–Trinajstić information content (AvgIpc) is 3.21. The molecule has 2 saturated heterocycles. The van der Waals surface area contributed by atoms with E-state index in [0.717, 1.165) is 23.4 Å². The molecule has 3 amide bonds. The molecule has 0 aromatic heterocycles. The van der Waals surface area contributed by atoms with Crippen LogP contribution in [-0.2, 0) is 25.7 Å². The third-order valence-electron chi connectivity index (χ3n) is 4.41. The SMILES string of the molecule is O=C(OCC(=O)N1CCCC1=O)c1cccc(CN2CCCC2=O)c1. The molecule has 0 spiro atoms. The Morgan fingerprint density at radius 3 is 2.48 bits per heavy atom. The van der Waals surface area contributed by atoms with Gasteiger partial charge in [0, 0.05) is 32.5 Å². The van der Waals surface area contributed by atoms with E-state index in [4.69, 9.17) is 4.74 Å². The van der Waals surface area contributed by atoms with Gasteiger partial charge in [-0.1, -0.05) is 12.1 Å². The molecule has 2 fully saturated rings. The molecule has 0 N–H and O–H groups in total. The molecule has 2 aliphatic rings. The quantitative estimate of drug-likeness (QED) is 0.747. The van der Waals surface area contributed by atoms with Crippen molar-refractivity contribution in [2.45, 2.75) is 32.2 Å². The number of ether oxygens (including phenoxy) is 1. The monoisotopic (exact) mass is 344 g/mol. The highest BCUT2D eigenvalue weighted by Gasteiger charge is 2.27. The molecule has 0 bridgehead atoms. The maximum atomic E-state index is 12.1. The van der Waals surface area contributed by atoms with Gasteiger partial charge in [0.25, 0.3) is 5.91 Å². The van der Waals surface area contributed by atoms with E-state index >= 15 is 0 Å². The van der Waals surface area contributed by atoms with E-state index in [1.54, 1.807) is 23.1 Å². The smallest absolute Gasteiger partial charge is 0.338 e. The molecule has 3 rings (SSSR count). The molecular weight excluding hydrogens is 324 g/mol. The number of rotatable bonds is 5. The van der Waals surface area contributed by atoms with Crippen molar-refractivity contribution in [1.29, 1.82) is 0 Å². The Hall–Kier alpha value is -2.70. The molecule has 2 aliphatic heterocycles. The lowest BCUT2D eigenvalue weighted by atomic mass is 10.1. The summed E-state index contributed by atoms with van der Waals surface area (Å²) in [5, 5.41) is 0. The first-order valence-corrected chi connectivity index (χ1v) is 8.41. The molecule has 0 unspecified atom stereocenters. The van der Waals surface area contributed by atoms with Crippen molar-refractivity contribution in [3.05, 3.63) is 35.4 Å². The lowest BCUT2D eigenvalue weighted by Crippen LogP contribution is -2.35. The predicted molar refractivity (Wildman–Crippen MR) is 87.3 cm³/mol. The first kappa shape index (κ1) is 17.1. The van der Waals surface area contributed by atoms with E-state index in [0.29, 0.717) is 37.9 Å². The largest absolute Gasteiger partial charge is 0.452 e. The van der Waals surface area contributed by atoms with E-state index in [1.165, 1.54) is 0 Å². The zero-order valence-electron chi connectivity index (χ0n) is 13.9. The van der Waals surface area contributed by atoms with E-state index in [-0.39, 0.29) is 11.8 Å². The summed E-state index contributed by atoms with van der Waals surface area (Å²) in [6, 6.07) is 6.83. The minimum Gasteiger partial charge on any atom is -0.452 e. The fraction of sp³-hybridized carbons (Fsp3) is 0.444. The highest BCUT2D eigenvalue weighted by Crippen LogP contribution is 2.16. The summed E-state index contributed by atoms with van der Waals surface area (Å²) in [6.45, 7) is 1.13. The summed E-state index contributed by atoms with van der Waals surface area (Å²) in [5.74, 6) is -1.21. The average molecular weight is 344 g/mol. The second-order valence-electron chi connectivity index (χ2n) is 6.24. The van der Waals surface area contributed by atoms with E-state index in [2.05, 4.69) is 0 Å². The van der Waals surface area contributed by atoms with Crippen LogP contribution in [0.15, 0.2) is 24.3 Å². The molecule has 7 heteroatoms. The van der Waals surface area contributed by atoms with Crippen molar-refractivity contribution in [3.63, 3.8) is 0 Å². The molecular formula is C18H20N2O5. The van der Waals surface area contributed by atoms with Crippen LogP contribution in [0, 0.1) is 0 Å². The lowest BCUT2D eigenvalue weighted by Gasteiger charge is -2.16. The highest BCUT2D eigenvalue weighted by molar-refractivity contribution is 5.98. The number of benzene rings is 1. The fourth-order valence-electron chi connectivity index (χ4n) is 3.09. The molecule has 2 heterocycles. The third-order valence-corrected chi connectivity index (χ3v) is 4.41. The number of carbonyl (C=O) groups is 4. The fourth-order valence-corrected chi connectivity index (χ4v) is 3.09. The maximum absolute atomic E-state index is 12.1. The zero-order chi connectivity index (χ0) is 17.8. The first-order valence-electron chi connectivity index (χ1n) is 8.41. The van der Waals surface area contributed by atoms with Crippen molar-refractivity contribution >= 4 is 23.7 Å². The van der Waals surface area contributed by atoms with Crippen LogP contribution < -0.4 is 0 Å². The normalized spacial score (nSPS) is 17.3. The van der Waals surface area contributed by atoms with Crippen LogP contribution in [0.4, 0.5) is 0 Å². The standard InChI is InChI=1S/C18H20N2O5/c21-15-6-2-8-19(15)11-13-4-1-5-14(10-13)18(24)25-12-17(23)20-9-3-7-16(20)22/h1,4-5,10H,2-3,6-9,11-12H2. The Bertz CT molecular complexity index is 715. The van der Waals surface area contributed by atoms with Crippen LogP contribution in [0.1, 0.15) is 41.6 Å². The first-order chi connectivity index (χ1) is 12.0. The van der Waals surface area contributed by atoms with Gasteiger partial charge < -0.3 is 9.64 Å². The van der Waals surface area contributed by atoms with Gasteiger partial charge in [0.15, 0.2) is 6.61 Å². The van der Waals surface area contributed by atoms with Crippen molar-refractivity contribution in [2.24, 2.45) is 0 Å². The van der Waals surface area contributed by atoms with Gasteiger partial charge in [-0.05, 0) is 30.5 Å². The molecule has 1 aromatic carbocycles. The van der Waals surface area contributed by atoms with Gasteiger partial charge in [-0.3, -0.25) is 19.3 Å². The molecule has 0 aliphatic carbocycles. The Labute approximate surface area is 145 Å². The van der Waals surface area contributed by atoms with E-state index in [1.807, 2.05) is 6.07 Å². The number of amides is 3. The third kappa shape index (κ3) is 4.04. The molecule has 132 valence electrons. The Balaban J connectivity index is 1.56. The number of hydrogen-bond donors (Lipinski definition) is 0. The van der Waals surface area contributed by atoms with E-state index in [9.17, 15) is 19.2 Å². The van der Waals surface area contributed by atoms with Crippen molar-refractivity contribution in [2.75, 3.05) is 19.7 Å². The number of nitrogens with zero attached hydrogens (tertiary/aromatic N) is 2. The molecule has 7 nitrogen and oxygen atoms in total. The molecule has 1 aromatic rings. The topological polar surface area (TPSA) is 84.0 Å². The minimum absolute atomic E-state index is 0.119. The van der Waals surface area contributed by atoms with Crippen LogP contribution in [0.3, 0.4) is 0 Å². The number of likely N-dealkylation sites (tertiary alicyclic amines) is 2. The zero-order valence-corrected chi connectivity index (χ0v) is 13.9. The van der Waals surface area contributed by atoms with Crippen molar-refractivity contribution in [1.82, 2.24) is 9.80 Å². The molecule has 25 heavy (non-hydrogen) atoms. The molecule has 0 saturated carbocycles. The van der Waals surface area contributed by atoms with Gasteiger partial charge in [0.2, 0.25) is 11.8 Å². The Morgan fingerprint density at radius 2 is 1.80 bits per heavy atom. The van der Waals surface area contributed by atoms with Crippen LogP contribution in [0.25, 0.3) is 0 Å². The second-order valence-corrected chi connectivity index (χ2v) is 6.24. The Kier molecular flexibility index (Phi) is 5.11.